The Bertz CT molecular complexity index is 899. The van der Waals surface area contributed by atoms with Crippen molar-refractivity contribution >= 4 is 29.3 Å². The lowest BCUT2D eigenvalue weighted by atomic mass is 10.1. The third kappa shape index (κ3) is 3.29. The fraction of sp³-hybridized carbons (Fsp3) is 0.600. The number of carbonyl (C=O) groups is 1. The van der Waals surface area contributed by atoms with Gasteiger partial charge in [0, 0.05) is 36.8 Å². The standard InChI is InChI=1S/C20H26N4O2.ClH/c25-19(23-10-9-14-6-7-15(12-23)21-14)13-5-8-18-17(11-13)22-20(26)24(18)16-3-1-2-4-16;/h5,8,11,14-16,21H,1-4,6-7,9-10,12H2,(H,22,26);1H. The molecule has 0 spiro atoms. The monoisotopic (exact) mass is 390 g/mol. The van der Waals surface area contributed by atoms with E-state index in [2.05, 4.69) is 10.3 Å². The number of carbonyl (C=O) groups excluding carboxylic acids is 1. The highest BCUT2D eigenvalue weighted by Crippen LogP contribution is 2.31. The summed E-state index contributed by atoms with van der Waals surface area (Å²) in [5, 5.41) is 3.62. The van der Waals surface area contributed by atoms with Gasteiger partial charge in [-0.25, -0.2) is 4.79 Å². The summed E-state index contributed by atoms with van der Waals surface area (Å²) in [6.07, 6.45) is 7.92. The highest BCUT2D eigenvalue weighted by Gasteiger charge is 2.31. The molecule has 1 aromatic heterocycles. The second kappa shape index (κ2) is 7.32. The molecule has 1 saturated carbocycles. The van der Waals surface area contributed by atoms with Crippen LogP contribution in [0.2, 0.25) is 0 Å². The number of rotatable bonds is 2. The molecule has 2 saturated heterocycles. The molecule has 1 amide bonds. The van der Waals surface area contributed by atoms with E-state index in [0.717, 1.165) is 49.8 Å². The number of amides is 1. The van der Waals surface area contributed by atoms with E-state index in [1.165, 1.54) is 19.3 Å². The van der Waals surface area contributed by atoms with Crippen molar-refractivity contribution in [3.8, 4) is 0 Å². The van der Waals surface area contributed by atoms with Crippen molar-refractivity contribution in [3.63, 3.8) is 0 Å². The van der Waals surface area contributed by atoms with Gasteiger partial charge < -0.3 is 15.2 Å². The molecular weight excluding hydrogens is 364 g/mol. The molecule has 5 rings (SSSR count). The molecule has 2 N–H and O–H groups in total. The zero-order valence-corrected chi connectivity index (χ0v) is 16.3. The molecule has 6 nitrogen and oxygen atoms in total. The number of halogens is 1. The van der Waals surface area contributed by atoms with Crippen molar-refractivity contribution in [3.05, 3.63) is 34.2 Å². The van der Waals surface area contributed by atoms with Crippen LogP contribution in [0.25, 0.3) is 11.0 Å². The molecular formula is C20H27ClN4O2. The second-order valence-electron chi connectivity index (χ2n) is 8.15. The zero-order chi connectivity index (χ0) is 17.7. The van der Waals surface area contributed by atoms with Crippen molar-refractivity contribution in [1.29, 1.82) is 0 Å². The number of benzene rings is 1. The molecule has 2 atom stereocenters. The topological polar surface area (TPSA) is 70.1 Å². The lowest BCUT2D eigenvalue weighted by Gasteiger charge is -2.24. The number of likely N-dealkylation sites (tertiary alicyclic amines) is 1. The molecule has 7 heteroatoms. The first kappa shape index (κ1) is 18.6. The van der Waals surface area contributed by atoms with Gasteiger partial charge in [0.1, 0.15) is 0 Å². The Morgan fingerprint density at radius 3 is 2.63 bits per heavy atom. The van der Waals surface area contributed by atoms with Crippen LogP contribution in [-0.2, 0) is 0 Å². The summed E-state index contributed by atoms with van der Waals surface area (Å²) in [5.41, 5.74) is 2.33. The third-order valence-corrected chi connectivity index (χ3v) is 6.46. The maximum atomic E-state index is 13.0. The number of aromatic nitrogens is 2. The first-order valence-electron chi connectivity index (χ1n) is 9.98. The normalized spacial score (nSPS) is 25.6. The molecule has 146 valence electrons. The molecule has 2 aromatic rings. The molecule has 2 unspecified atom stereocenters. The third-order valence-electron chi connectivity index (χ3n) is 6.46. The van der Waals surface area contributed by atoms with Gasteiger partial charge in [0.2, 0.25) is 0 Å². The van der Waals surface area contributed by atoms with Crippen LogP contribution < -0.4 is 11.0 Å². The van der Waals surface area contributed by atoms with E-state index < -0.39 is 0 Å². The summed E-state index contributed by atoms with van der Waals surface area (Å²) < 4.78 is 1.89. The Morgan fingerprint density at radius 2 is 1.81 bits per heavy atom. The minimum atomic E-state index is -0.0484. The van der Waals surface area contributed by atoms with Gasteiger partial charge in [-0.3, -0.25) is 9.36 Å². The van der Waals surface area contributed by atoms with Gasteiger partial charge in [0.25, 0.3) is 5.91 Å². The second-order valence-corrected chi connectivity index (χ2v) is 8.15. The van der Waals surface area contributed by atoms with E-state index in [9.17, 15) is 9.59 Å². The summed E-state index contributed by atoms with van der Waals surface area (Å²) in [6, 6.07) is 6.99. The van der Waals surface area contributed by atoms with Gasteiger partial charge in [-0.05, 0) is 50.3 Å². The fourth-order valence-corrected chi connectivity index (χ4v) is 5.10. The highest BCUT2D eigenvalue weighted by molar-refractivity contribution is 5.97. The summed E-state index contributed by atoms with van der Waals surface area (Å²) in [6.45, 7) is 1.59. The van der Waals surface area contributed by atoms with Crippen LogP contribution in [0, 0.1) is 0 Å². The average molecular weight is 391 g/mol. The number of nitrogens with zero attached hydrogens (tertiary/aromatic N) is 2. The molecule has 3 aliphatic rings. The predicted octanol–water partition coefficient (Wildman–Crippen LogP) is 2.83. The van der Waals surface area contributed by atoms with Crippen LogP contribution in [0.3, 0.4) is 0 Å². The molecule has 3 heterocycles. The number of nitrogens with one attached hydrogen (secondary N) is 2. The van der Waals surface area contributed by atoms with E-state index in [0.29, 0.717) is 23.7 Å². The molecule has 2 aliphatic heterocycles. The van der Waals surface area contributed by atoms with E-state index in [-0.39, 0.29) is 24.0 Å². The lowest BCUT2D eigenvalue weighted by molar-refractivity contribution is 0.0748. The number of H-pyrrole nitrogens is 1. The molecule has 0 radical (unpaired) electrons. The van der Waals surface area contributed by atoms with Crippen molar-refractivity contribution in [2.24, 2.45) is 0 Å². The van der Waals surface area contributed by atoms with Crippen molar-refractivity contribution < 1.29 is 4.79 Å². The van der Waals surface area contributed by atoms with E-state index in [1.54, 1.807) is 0 Å². The summed E-state index contributed by atoms with van der Waals surface area (Å²) in [5.74, 6) is 0.0794. The van der Waals surface area contributed by atoms with Crippen LogP contribution in [0.5, 0.6) is 0 Å². The SMILES string of the molecule is Cl.O=C(c1ccc2c(c1)[nH]c(=O)n2C1CCCC1)N1CCC2CCC(C1)N2. The van der Waals surface area contributed by atoms with E-state index in [1.807, 2.05) is 27.7 Å². The first-order valence-corrected chi connectivity index (χ1v) is 9.98. The Morgan fingerprint density at radius 1 is 1.04 bits per heavy atom. The first-order chi connectivity index (χ1) is 12.7. The minimum absolute atomic E-state index is 0. The molecule has 27 heavy (non-hydrogen) atoms. The number of imidazole rings is 1. The Kier molecular flexibility index (Phi) is 5.03. The smallest absolute Gasteiger partial charge is 0.326 e. The van der Waals surface area contributed by atoms with Crippen LogP contribution in [0.15, 0.2) is 23.0 Å². The number of hydrogen-bond acceptors (Lipinski definition) is 3. The van der Waals surface area contributed by atoms with Gasteiger partial charge in [-0.15, -0.1) is 12.4 Å². The molecule has 1 aromatic carbocycles. The van der Waals surface area contributed by atoms with Crippen molar-refractivity contribution in [2.75, 3.05) is 13.1 Å². The molecule has 1 aliphatic carbocycles. The maximum absolute atomic E-state index is 13.0. The van der Waals surface area contributed by atoms with Crippen LogP contribution in [0.4, 0.5) is 0 Å². The quantitative estimate of drug-likeness (QED) is 0.828. The Hall–Kier alpha value is -1.79. The maximum Gasteiger partial charge on any atom is 0.326 e. The number of fused-ring (bicyclic) bond motifs is 3. The van der Waals surface area contributed by atoms with Crippen molar-refractivity contribution in [1.82, 2.24) is 19.8 Å². The van der Waals surface area contributed by atoms with E-state index in [4.69, 9.17) is 0 Å². The molecule has 3 fully saturated rings. The van der Waals surface area contributed by atoms with Gasteiger partial charge >= 0.3 is 5.69 Å². The van der Waals surface area contributed by atoms with Crippen LogP contribution in [-0.4, -0.2) is 45.5 Å². The van der Waals surface area contributed by atoms with Crippen LogP contribution >= 0.6 is 12.4 Å². The van der Waals surface area contributed by atoms with Gasteiger partial charge in [-0.1, -0.05) is 12.8 Å². The minimum Gasteiger partial charge on any atom is -0.337 e. The summed E-state index contributed by atoms with van der Waals surface area (Å²) in [4.78, 5) is 30.4. The zero-order valence-electron chi connectivity index (χ0n) is 15.4. The number of hydrogen-bond donors (Lipinski definition) is 2. The van der Waals surface area contributed by atoms with Crippen LogP contribution in [0.1, 0.15) is 61.3 Å². The highest BCUT2D eigenvalue weighted by atomic mass is 35.5. The van der Waals surface area contributed by atoms with Gasteiger partial charge in [0.05, 0.1) is 11.0 Å². The number of aromatic amines is 1. The predicted molar refractivity (Wildman–Crippen MR) is 108 cm³/mol. The van der Waals surface area contributed by atoms with Gasteiger partial charge in [-0.2, -0.15) is 0 Å². The van der Waals surface area contributed by atoms with Crippen molar-refractivity contribution in [2.45, 2.75) is 63.1 Å². The Labute approximate surface area is 164 Å². The summed E-state index contributed by atoms with van der Waals surface area (Å²) in [7, 11) is 0. The summed E-state index contributed by atoms with van der Waals surface area (Å²) >= 11 is 0. The largest absolute Gasteiger partial charge is 0.337 e. The Balaban J connectivity index is 0.00000180. The molecule has 2 bridgehead atoms. The van der Waals surface area contributed by atoms with Gasteiger partial charge in [0.15, 0.2) is 0 Å². The van der Waals surface area contributed by atoms with E-state index >= 15 is 0 Å². The lowest BCUT2D eigenvalue weighted by Crippen LogP contribution is -2.39. The average Bonchev–Trinajstić information content (AvgIpc) is 3.32. The fourth-order valence-electron chi connectivity index (χ4n) is 5.10.